The lowest BCUT2D eigenvalue weighted by molar-refractivity contribution is -0.119. The van der Waals surface area contributed by atoms with Crippen LogP contribution < -0.4 is 10.6 Å². The Kier molecular flexibility index (Phi) is 3.36. The summed E-state index contributed by atoms with van der Waals surface area (Å²) in [6, 6.07) is 4.14. The number of aromatic nitrogens is 1. The molecule has 0 aliphatic rings. The zero-order valence-electron chi connectivity index (χ0n) is 8.45. The van der Waals surface area contributed by atoms with Gasteiger partial charge in [0.25, 0.3) is 5.91 Å². The van der Waals surface area contributed by atoms with Gasteiger partial charge in [0.05, 0.1) is 0 Å². The van der Waals surface area contributed by atoms with Crippen LogP contribution in [0.5, 0.6) is 0 Å². The molecule has 88 valence electrons. The number of halogens is 3. The minimum Gasteiger partial charge on any atom is -0.364 e. The number of hydrogen-bond donors (Lipinski definition) is 1. The molecule has 1 aromatic rings. The molecule has 0 fully saturated rings. The Hall–Kier alpha value is -1.79. The van der Waals surface area contributed by atoms with Gasteiger partial charge in [-0.25, -0.2) is 4.98 Å². The summed E-state index contributed by atoms with van der Waals surface area (Å²) in [6.45, 7) is -1.14. The lowest BCUT2D eigenvalue weighted by Crippen LogP contribution is -2.31. The third kappa shape index (κ3) is 3.41. The van der Waals surface area contributed by atoms with Gasteiger partial charge in [0.2, 0.25) is 0 Å². The fraction of sp³-hybridized carbons (Fsp3) is 0.333. The van der Waals surface area contributed by atoms with Crippen LogP contribution in [0.3, 0.4) is 0 Å². The molecule has 16 heavy (non-hydrogen) atoms. The van der Waals surface area contributed by atoms with E-state index in [9.17, 15) is 18.0 Å². The van der Waals surface area contributed by atoms with Crippen LogP contribution in [0.4, 0.5) is 19.0 Å². The lowest BCUT2D eigenvalue weighted by atomic mass is 10.3. The molecule has 0 saturated heterocycles. The smallest absolute Gasteiger partial charge is 0.364 e. The van der Waals surface area contributed by atoms with Gasteiger partial charge in [-0.15, -0.1) is 0 Å². The maximum absolute atomic E-state index is 12.1. The predicted molar refractivity (Wildman–Crippen MR) is 52.1 cm³/mol. The average Bonchev–Trinajstić information content (AvgIpc) is 2.15. The Morgan fingerprint density at radius 1 is 1.50 bits per heavy atom. The highest BCUT2D eigenvalue weighted by Crippen LogP contribution is 2.19. The first-order chi connectivity index (χ1) is 7.29. The molecule has 1 amide bonds. The average molecular weight is 233 g/mol. The van der Waals surface area contributed by atoms with Gasteiger partial charge in [-0.1, -0.05) is 6.07 Å². The molecular weight excluding hydrogens is 223 g/mol. The summed E-state index contributed by atoms with van der Waals surface area (Å²) in [5, 5.41) is 0. The van der Waals surface area contributed by atoms with Crippen LogP contribution in [0.1, 0.15) is 10.5 Å². The zero-order chi connectivity index (χ0) is 12.3. The number of amides is 1. The molecule has 0 unspecified atom stereocenters. The largest absolute Gasteiger partial charge is 0.405 e. The second kappa shape index (κ2) is 4.38. The molecule has 0 bridgehead atoms. The van der Waals surface area contributed by atoms with E-state index in [4.69, 9.17) is 5.73 Å². The monoisotopic (exact) mass is 233 g/mol. The summed E-state index contributed by atoms with van der Waals surface area (Å²) in [5.74, 6) is -0.726. The molecular formula is C9H10F3N3O. The number of nitrogens with zero attached hydrogens (tertiary/aromatic N) is 2. The molecule has 0 saturated carbocycles. The molecule has 0 aliphatic carbocycles. The molecule has 1 heterocycles. The number of carbonyl (C=O) groups is 1. The van der Waals surface area contributed by atoms with E-state index in [1.165, 1.54) is 25.2 Å². The van der Waals surface area contributed by atoms with E-state index in [-0.39, 0.29) is 11.5 Å². The molecule has 0 spiro atoms. The fourth-order valence-corrected chi connectivity index (χ4v) is 1.12. The first kappa shape index (κ1) is 12.3. The highest BCUT2D eigenvalue weighted by atomic mass is 19.4. The standard InChI is InChI=1S/C9H10F3N3O/c1-15(5-9(10,11)12)7-4-2-3-6(14-7)8(13)16/h2-4H,5H2,1H3,(H2,13,16). The first-order valence-corrected chi connectivity index (χ1v) is 4.34. The summed E-state index contributed by atoms with van der Waals surface area (Å²) < 4.78 is 36.3. The van der Waals surface area contributed by atoms with Crippen molar-refractivity contribution in [1.82, 2.24) is 4.98 Å². The number of pyridine rings is 1. The summed E-state index contributed by atoms with van der Waals surface area (Å²) in [6.07, 6.45) is -4.32. The zero-order valence-corrected chi connectivity index (χ0v) is 8.45. The van der Waals surface area contributed by atoms with Crippen molar-refractivity contribution in [2.75, 3.05) is 18.5 Å². The van der Waals surface area contributed by atoms with Gasteiger partial charge < -0.3 is 10.6 Å². The van der Waals surface area contributed by atoms with Crippen molar-refractivity contribution in [2.45, 2.75) is 6.18 Å². The van der Waals surface area contributed by atoms with Gasteiger partial charge in [0.1, 0.15) is 18.1 Å². The minimum atomic E-state index is -4.32. The predicted octanol–water partition coefficient (Wildman–Crippen LogP) is 1.18. The summed E-state index contributed by atoms with van der Waals surface area (Å²) in [4.78, 5) is 15.4. The number of hydrogen-bond acceptors (Lipinski definition) is 3. The molecule has 2 N–H and O–H groups in total. The molecule has 4 nitrogen and oxygen atoms in total. The number of anilines is 1. The molecule has 1 rings (SSSR count). The quantitative estimate of drug-likeness (QED) is 0.852. The van der Waals surface area contributed by atoms with Gasteiger partial charge in [-0.2, -0.15) is 13.2 Å². The highest BCUT2D eigenvalue weighted by molar-refractivity contribution is 5.91. The third-order valence-corrected chi connectivity index (χ3v) is 1.79. The molecule has 0 aromatic carbocycles. The summed E-state index contributed by atoms with van der Waals surface area (Å²) >= 11 is 0. The topological polar surface area (TPSA) is 59.2 Å². The lowest BCUT2D eigenvalue weighted by Gasteiger charge is -2.19. The van der Waals surface area contributed by atoms with Crippen molar-refractivity contribution in [3.8, 4) is 0 Å². The SMILES string of the molecule is CN(CC(F)(F)F)c1cccc(C(N)=O)n1. The Morgan fingerprint density at radius 3 is 2.62 bits per heavy atom. The fourth-order valence-electron chi connectivity index (χ4n) is 1.12. The van der Waals surface area contributed by atoms with Crippen molar-refractivity contribution in [2.24, 2.45) is 5.73 Å². The highest BCUT2D eigenvalue weighted by Gasteiger charge is 2.29. The number of carbonyl (C=O) groups excluding carboxylic acids is 1. The number of alkyl halides is 3. The van der Waals surface area contributed by atoms with Gasteiger partial charge in [-0.05, 0) is 12.1 Å². The van der Waals surface area contributed by atoms with Crippen LogP contribution in [0.25, 0.3) is 0 Å². The van der Waals surface area contributed by atoms with Crippen molar-refractivity contribution >= 4 is 11.7 Å². The molecule has 1 aromatic heterocycles. The Labute approximate surface area is 89.9 Å². The Morgan fingerprint density at radius 2 is 2.12 bits per heavy atom. The maximum atomic E-state index is 12.1. The second-order valence-corrected chi connectivity index (χ2v) is 3.22. The normalized spacial score (nSPS) is 11.2. The summed E-state index contributed by atoms with van der Waals surface area (Å²) in [5.41, 5.74) is 4.90. The van der Waals surface area contributed by atoms with E-state index in [1.807, 2.05) is 0 Å². The first-order valence-electron chi connectivity index (χ1n) is 4.34. The minimum absolute atomic E-state index is 0.0497. The van der Waals surface area contributed by atoms with Crippen LogP contribution in [-0.2, 0) is 0 Å². The molecule has 0 atom stereocenters. The van der Waals surface area contributed by atoms with Crippen LogP contribution in [0.2, 0.25) is 0 Å². The van der Waals surface area contributed by atoms with Crippen LogP contribution in [0.15, 0.2) is 18.2 Å². The molecule has 7 heteroatoms. The van der Waals surface area contributed by atoms with Crippen molar-refractivity contribution in [1.29, 1.82) is 0 Å². The van der Waals surface area contributed by atoms with Gasteiger partial charge in [0.15, 0.2) is 0 Å². The number of rotatable bonds is 3. The van der Waals surface area contributed by atoms with Gasteiger partial charge >= 0.3 is 6.18 Å². The molecule has 0 radical (unpaired) electrons. The van der Waals surface area contributed by atoms with E-state index in [0.29, 0.717) is 0 Å². The maximum Gasteiger partial charge on any atom is 0.405 e. The van der Waals surface area contributed by atoms with Gasteiger partial charge in [-0.3, -0.25) is 4.79 Å². The third-order valence-electron chi connectivity index (χ3n) is 1.79. The number of nitrogens with two attached hydrogens (primary N) is 1. The Balaban J connectivity index is 2.87. The molecule has 0 aliphatic heterocycles. The van der Waals surface area contributed by atoms with Crippen molar-refractivity contribution in [3.05, 3.63) is 23.9 Å². The van der Waals surface area contributed by atoms with E-state index in [2.05, 4.69) is 4.98 Å². The van der Waals surface area contributed by atoms with E-state index in [1.54, 1.807) is 0 Å². The van der Waals surface area contributed by atoms with Crippen LogP contribution in [0, 0.1) is 0 Å². The van der Waals surface area contributed by atoms with E-state index < -0.39 is 18.6 Å². The van der Waals surface area contributed by atoms with Crippen molar-refractivity contribution in [3.63, 3.8) is 0 Å². The summed E-state index contributed by atoms with van der Waals surface area (Å²) in [7, 11) is 1.24. The van der Waals surface area contributed by atoms with Crippen molar-refractivity contribution < 1.29 is 18.0 Å². The van der Waals surface area contributed by atoms with E-state index in [0.717, 1.165) is 4.90 Å². The van der Waals surface area contributed by atoms with Crippen LogP contribution in [-0.4, -0.2) is 30.7 Å². The second-order valence-electron chi connectivity index (χ2n) is 3.22. The van der Waals surface area contributed by atoms with E-state index >= 15 is 0 Å². The Bertz CT molecular complexity index is 392. The van der Waals surface area contributed by atoms with Gasteiger partial charge in [0, 0.05) is 7.05 Å². The number of primary amides is 1. The van der Waals surface area contributed by atoms with Crippen LogP contribution >= 0.6 is 0 Å².